The van der Waals surface area contributed by atoms with Crippen LogP contribution in [0.1, 0.15) is 17.3 Å². The average Bonchev–Trinajstić information content (AvgIpc) is 2.17. The van der Waals surface area contributed by atoms with Crippen LogP contribution in [0, 0.1) is 5.82 Å². The van der Waals surface area contributed by atoms with E-state index in [1.807, 2.05) is 0 Å². The fourth-order valence-electron chi connectivity index (χ4n) is 1.11. The molecule has 0 saturated carbocycles. The van der Waals surface area contributed by atoms with Crippen LogP contribution in [0.5, 0.6) is 5.75 Å². The Morgan fingerprint density at radius 1 is 1.50 bits per heavy atom. The molecule has 2 nitrogen and oxygen atoms in total. The quantitative estimate of drug-likeness (QED) is 0.546. The van der Waals surface area contributed by atoms with E-state index in [0.717, 1.165) is 0 Å². The van der Waals surface area contributed by atoms with Crippen LogP contribution in [0.15, 0.2) is 30.4 Å². The number of hydrogen-bond donors (Lipinski definition) is 0. The predicted molar refractivity (Wildman–Crippen MR) is 52.1 cm³/mol. The number of rotatable bonds is 3. The van der Waals surface area contributed by atoms with Gasteiger partial charge in [-0.3, -0.25) is 4.79 Å². The number of ether oxygens (including phenoxy) is 1. The van der Waals surface area contributed by atoms with Crippen molar-refractivity contribution >= 4 is 5.78 Å². The minimum atomic E-state index is -0.418. The van der Waals surface area contributed by atoms with Crippen molar-refractivity contribution in [3.63, 3.8) is 0 Å². The summed E-state index contributed by atoms with van der Waals surface area (Å²) < 4.78 is 17.7. The molecule has 0 saturated heterocycles. The molecule has 3 heteroatoms. The molecule has 0 spiro atoms. The molecule has 0 atom stereocenters. The first-order chi connectivity index (χ1) is 6.69. The first kappa shape index (κ1) is 10.4. The first-order valence-corrected chi connectivity index (χ1v) is 4.19. The van der Waals surface area contributed by atoms with E-state index in [2.05, 4.69) is 0 Å². The number of benzene rings is 1. The van der Waals surface area contributed by atoms with Gasteiger partial charge < -0.3 is 4.74 Å². The highest BCUT2D eigenvalue weighted by Crippen LogP contribution is 2.20. The minimum Gasteiger partial charge on any atom is -0.496 e. The van der Waals surface area contributed by atoms with Crippen molar-refractivity contribution in [3.05, 3.63) is 41.7 Å². The molecule has 0 N–H and O–H groups in total. The van der Waals surface area contributed by atoms with Gasteiger partial charge in [0.05, 0.1) is 12.7 Å². The van der Waals surface area contributed by atoms with Crippen molar-refractivity contribution in [2.24, 2.45) is 0 Å². The highest BCUT2D eigenvalue weighted by Gasteiger charge is 2.09. The monoisotopic (exact) mass is 194 g/mol. The molecule has 0 aliphatic carbocycles. The molecule has 0 bridgehead atoms. The second-order valence-corrected chi connectivity index (χ2v) is 2.71. The van der Waals surface area contributed by atoms with Crippen molar-refractivity contribution in [1.29, 1.82) is 0 Å². The maximum absolute atomic E-state index is 12.8. The zero-order chi connectivity index (χ0) is 10.6. The van der Waals surface area contributed by atoms with Gasteiger partial charge in [0, 0.05) is 6.07 Å². The molecule has 74 valence electrons. The normalized spacial score (nSPS) is 10.5. The number of hydrogen-bond acceptors (Lipinski definition) is 2. The van der Waals surface area contributed by atoms with Crippen LogP contribution in [-0.4, -0.2) is 12.9 Å². The Morgan fingerprint density at radius 2 is 2.21 bits per heavy atom. The number of halogens is 1. The van der Waals surface area contributed by atoms with E-state index in [-0.39, 0.29) is 11.5 Å². The van der Waals surface area contributed by atoms with Crippen LogP contribution in [0.2, 0.25) is 0 Å². The van der Waals surface area contributed by atoms with Crippen molar-refractivity contribution in [2.75, 3.05) is 7.11 Å². The average molecular weight is 194 g/mol. The summed E-state index contributed by atoms with van der Waals surface area (Å²) >= 11 is 0. The van der Waals surface area contributed by atoms with Crippen LogP contribution in [0.3, 0.4) is 0 Å². The molecule has 0 aliphatic rings. The van der Waals surface area contributed by atoms with Gasteiger partial charge in [0.2, 0.25) is 0 Å². The van der Waals surface area contributed by atoms with E-state index in [4.69, 9.17) is 4.74 Å². The Bertz CT molecular complexity index is 370. The van der Waals surface area contributed by atoms with E-state index >= 15 is 0 Å². The molecule has 0 aromatic heterocycles. The lowest BCUT2D eigenvalue weighted by Crippen LogP contribution is -1.99. The van der Waals surface area contributed by atoms with Crippen molar-refractivity contribution in [1.82, 2.24) is 0 Å². The molecule has 0 fully saturated rings. The molecule has 1 aromatic rings. The van der Waals surface area contributed by atoms with Crippen molar-refractivity contribution in [2.45, 2.75) is 6.92 Å². The summed E-state index contributed by atoms with van der Waals surface area (Å²) in [5, 5.41) is 0. The molecular formula is C11H11FO2. The lowest BCUT2D eigenvalue weighted by Gasteiger charge is -2.04. The van der Waals surface area contributed by atoms with Crippen molar-refractivity contribution < 1.29 is 13.9 Å². The van der Waals surface area contributed by atoms with Gasteiger partial charge in [0.1, 0.15) is 11.6 Å². The molecule has 14 heavy (non-hydrogen) atoms. The molecule has 1 aromatic carbocycles. The first-order valence-electron chi connectivity index (χ1n) is 4.19. The molecular weight excluding hydrogens is 183 g/mol. The highest BCUT2D eigenvalue weighted by atomic mass is 19.1. The van der Waals surface area contributed by atoms with Crippen molar-refractivity contribution in [3.8, 4) is 5.75 Å². The fourth-order valence-corrected chi connectivity index (χ4v) is 1.11. The zero-order valence-electron chi connectivity index (χ0n) is 8.08. The van der Waals surface area contributed by atoms with Gasteiger partial charge in [-0.05, 0) is 25.1 Å². The third kappa shape index (κ3) is 2.19. The van der Waals surface area contributed by atoms with E-state index in [1.54, 1.807) is 13.0 Å². The molecule has 1 rings (SSSR count). The minimum absolute atomic E-state index is 0.190. The van der Waals surface area contributed by atoms with Gasteiger partial charge in [-0.25, -0.2) is 4.39 Å². The smallest absolute Gasteiger partial charge is 0.189 e. The van der Waals surface area contributed by atoms with E-state index in [0.29, 0.717) is 5.56 Å². The molecule has 0 radical (unpaired) electrons. The summed E-state index contributed by atoms with van der Waals surface area (Å²) in [4.78, 5) is 11.4. The van der Waals surface area contributed by atoms with E-state index < -0.39 is 5.82 Å². The maximum atomic E-state index is 12.8. The Morgan fingerprint density at radius 3 is 2.79 bits per heavy atom. The summed E-state index contributed by atoms with van der Waals surface area (Å²) in [5.41, 5.74) is 0.368. The fraction of sp³-hybridized carbons (Fsp3) is 0.182. The topological polar surface area (TPSA) is 26.3 Å². The number of carbonyl (C=O) groups is 1. The SMILES string of the molecule is CC=CC(=O)c1ccc(F)cc1OC. The van der Waals surface area contributed by atoms with Gasteiger partial charge in [0.25, 0.3) is 0 Å². The molecule has 0 amide bonds. The zero-order valence-corrected chi connectivity index (χ0v) is 8.08. The van der Waals surface area contributed by atoms with Crippen LogP contribution in [0.25, 0.3) is 0 Å². The van der Waals surface area contributed by atoms with Crippen LogP contribution in [0.4, 0.5) is 4.39 Å². The lowest BCUT2D eigenvalue weighted by molar-refractivity contribution is 0.104. The number of methoxy groups -OCH3 is 1. The van der Waals surface area contributed by atoms with Crippen LogP contribution < -0.4 is 4.74 Å². The van der Waals surface area contributed by atoms with Crippen LogP contribution in [-0.2, 0) is 0 Å². The molecule has 0 heterocycles. The second-order valence-electron chi connectivity index (χ2n) is 2.71. The summed E-state index contributed by atoms with van der Waals surface area (Å²) in [7, 11) is 1.40. The van der Waals surface area contributed by atoms with Gasteiger partial charge in [0.15, 0.2) is 5.78 Å². The summed E-state index contributed by atoms with van der Waals surface area (Å²) in [6, 6.07) is 3.84. The maximum Gasteiger partial charge on any atom is 0.189 e. The second kappa shape index (κ2) is 4.56. The Hall–Kier alpha value is -1.64. The van der Waals surface area contributed by atoms with Gasteiger partial charge in [-0.1, -0.05) is 6.08 Å². The Balaban J connectivity index is 3.13. The van der Waals surface area contributed by atoms with Gasteiger partial charge in [-0.2, -0.15) is 0 Å². The number of allylic oxidation sites excluding steroid dienone is 2. The summed E-state index contributed by atoms with van der Waals surface area (Å²) in [6.07, 6.45) is 3.04. The highest BCUT2D eigenvalue weighted by molar-refractivity contribution is 6.06. The number of carbonyl (C=O) groups excluding carboxylic acids is 1. The summed E-state index contributed by atoms with van der Waals surface area (Å²) in [6.45, 7) is 1.74. The largest absolute Gasteiger partial charge is 0.496 e. The third-order valence-electron chi connectivity index (χ3n) is 1.75. The third-order valence-corrected chi connectivity index (χ3v) is 1.75. The Kier molecular flexibility index (Phi) is 3.40. The summed E-state index contributed by atoms with van der Waals surface area (Å²) in [5.74, 6) is -0.351. The van der Waals surface area contributed by atoms with Crippen LogP contribution >= 0.6 is 0 Å². The van der Waals surface area contributed by atoms with E-state index in [1.165, 1.54) is 31.4 Å². The standard InChI is InChI=1S/C11H11FO2/c1-3-4-10(13)9-6-5-8(12)7-11(9)14-2/h3-7H,1-2H3. The molecule has 0 aliphatic heterocycles. The molecule has 0 unspecified atom stereocenters. The van der Waals surface area contributed by atoms with Gasteiger partial charge in [-0.15, -0.1) is 0 Å². The van der Waals surface area contributed by atoms with E-state index in [9.17, 15) is 9.18 Å². The lowest BCUT2D eigenvalue weighted by atomic mass is 10.1. The predicted octanol–water partition coefficient (Wildman–Crippen LogP) is 2.59. The Labute approximate surface area is 82.0 Å². The number of ketones is 1. The van der Waals surface area contributed by atoms with Gasteiger partial charge >= 0.3 is 0 Å².